The highest BCUT2D eigenvalue weighted by atomic mass is 32.2. The molecule has 2 saturated heterocycles. The molecule has 2 fully saturated rings. The maximum atomic E-state index is 13.3. The van der Waals surface area contributed by atoms with Crippen molar-refractivity contribution in [2.24, 2.45) is 0 Å². The van der Waals surface area contributed by atoms with Crippen LogP contribution in [-0.2, 0) is 14.3 Å². The number of thiocarbonyl (C=S) groups is 1. The number of nitrogens with one attached hydrogen (secondary N) is 1. The summed E-state index contributed by atoms with van der Waals surface area (Å²) < 4.78 is 12.7. The number of nitrogens with zero attached hydrogens (tertiary/aromatic N) is 3. The number of pyridine rings is 1. The minimum atomic E-state index is -0.245. The van der Waals surface area contributed by atoms with Crippen molar-refractivity contribution in [2.45, 2.75) is 25.9 Å². The highest BCUT2D eigenvalue weighted by molar-refractivity contribution is 8.26. The normalized spacial score (nSPS) is 20.4. The zero-order valence-electron chi connectivity index (χ0n) is 17.4. The topological polar surface area (TPSA) is 85.2 Å². The Labute approximate surface area is 189 Å². The predicted molar refractivity (Wildman–Crippen MR) is 125 cm³/mol. The molecule has 0 radical (unpaired) electrons. The summed E-state index contributed by atoms with van der Waals surface area (Å²) in [4.78, 5) is 32.7. The van der Waals surface area contributed by atoms with E-state index in [4.69, 9.17) is 21.7 Å². The van der Waals surface area contributed by atoms with Crippen molar-refractivity contribution in [3.8, 4) is 0 Å². The molecule has 0 bridgehead atoms. The Balaban J connectivity index is 1.73. The smallest absolute Gasteiger partial charge is 0.267 e. The monoisotopic (exact) mass is 460 g/mol. The van der Waals surface area contributed by atoms with Crippen LogP contribution in [0.1, 0.15) is 24.0 Å². The number of fused-ring (bicyclic) bond motifs is 1. The number of thioether (sulfide) groups is 1. The lowest BCUT2D eigenvalue weighted by Crippen LogP contribution is -2.31. The van der Waals surface area contributed by atoms with Crippen molar-refractivity contribution in [1.82, 2.24) is 14.3 Å². The Hall–Kier alpha value is -2.27. The molecule has 2 aromatic heterocycles. The summed E-state index contributed by atoms with van der Waals surface area (Å²) in [7, 11) is 1.57. The first-order valence-electron chi connectivity index (χ1n) is 10.1. The number of anilines is 1. The first kappa shape index (κ1) is 21.9. The first-order chi connectivity index (χ1) is 15.0. The van der Waals surface area contributed by atoms with E-state index in [1.807, 2.05) is 19.1 Å². The minimum Gasteiger partial charge on any atom is -0.383 e. The van der Waals surface area contributed by atoms with Crippen LogP contribution in [-0.4, -0.2) is 64.0 Å². The highest BCUT2D eigenvalue weighted by Crippen LogP contribution is 2.33. The van der Waals surface area contributed by atoms with Gasteiger partial charge < -0.3 is 14.8 Å². The fourth-order valence-corrected chi connectivity index (χ4v) is 4.84. The number of hydrogen-bond donors (Lipinski definition) is 1. The zero-order valence-corrected chi connectivity index (χ0v) is 19.1. The SMILES string of the molecule is COCCN1C(=O)/C(=C/c2c(NC[C@@H]3CCCO3)nc3ccc(C)cn3c2=O)SC1=S. The van der Waals surface area contributed by atoms with Crippen LogP contribution in [0.2, 0.25) is 0 Å². The van der Waals surface area contributed by atoms with Gasteiger partial charge in [0.15, 0.2) is 0 Å². The molecule has 4 rings (SSSR count). The lowest BCUT2D eigenvalue weighted by molar-refractivity contribution is -0.122. The fourth-order valence-electron chi connectivity index (χ4n) is 3.55. The maximum absolute atomic E-state index is 13.3. The molecule has 1 atom stereocenters. The van der Waals surface area contributed by atoms with Gasteiger partial charge >= 0.3 is 0 Å². The van der Waals surface area contributed by atoms with E-state index in [0.29, 0.717) is 46.0 Å². The number of methoxy groups -OCH3 is 1. The Bertz CT molecular complexity index is 1110. The molecule has 0 spiro atoms. The molecule has 2 aliphatic heterocycles. The van der Waals surface area contributed by atoms with Gasteiger partial charge in [-0.3, -0.25) is 18.9 Å². The molecule has 0 aromatic carbocycles. The number of hydrogen-bond acceptors (Lipinski definition) is 8. The van der Waals surface area contributed by atoms with Crippen LogP contribution in [0.5, 0.6) is 0 Å². The summed E-state index contributed by atoms with van der Waals surface area (Å²) in [6, 6.07) is 3.72. The third-order valence-corrected chi connectivity index (χ3v) is 6.57. The Morgan fingerprint density at radius 3 is 3.00 bits per heavy atom. The van der Waals surface area contributed by atoms with Crippen LogP contribution in [0, 0.1) is 6.92 Å². The number of carbonyl (C=O) groups is 1. The lowest BCUT2D eigenvalue weighted by atomic mass is 10.2. The van der Waals surface area contributed by atoms with E-state index in [0.717, 1.165) is 25.0 Å². The van der Waals surface area contributed by atoms with Crippen molar-refractivity contribution in [1.29, 1.82) is 0 Å². The molecule has 0 saturated carbocycles. The summed E-state index contributed by atoms with van der Waals surface area (Å²) in [6.45, 7) is 3.96. The Morgan fingerprint density at radius 1 is 1.42 bits per heavy atom. The number of carbonyl (C=O) groups excluding carboxylic acids is 1. The Kier molecular flexibility index (Phi) is 6.71. The molecule has 8 nitrogen and oxygen atoms in total. The second kappa shape index (κ2) is 9.47. The summed E-state index contributed by atoms with van der Waals surface area (Å²) in [5.41, 5.74) is 1.56. The summed E-state index contributed by atoms with van der Waals surface area (Å²) in [5.74, 6) is 0.206. The average molecular weight is 461 g/mol. The van der Waals surface area contributed by atoms with Gasteiger partial charge in [0.1, 0.15) is 15.8 Å². The second-order valence-electron chi connectivity index (χ2n) is 7.46. The van der Waals surface area contributed by atoms with Crippen molar-refractivity contribution >= 4 is 51.7 Å². The standard InChI is InChI=1S/C21H24N4O4S2/c1-13-5-6-17-23-18(22-11-14-4-3-8-29-14)15(19(26)25(17)12-13)10-16-20(27)24(7-9-28-2)21(30)31-16/h5-6,10,12,14,22H,3-4,7-9,11H2,1-2H3/b16-10-/t14-/m0/s1. The van der Waals surface area contributed by atoms with Gasteiger partial charge in [-0.2, -0.15) is 0 Å². The van der Waals surface area contributed by atoms with Crippen molar-refractivity contribution in [2.75, 3.05) is 38.7 Å². The summed E-state index contributed by atoms with van der Waals surface area (Å²) >= 11 is 6.53. The number of amides is 1. The molecule has 4 heterocycles. The predicted octanol–water partition coefficient (Wildman–Crippen LogP) is 2.44. The zero-order chi connectivity index (χ0) is 22.0. The van der Waals surface area contributed by atoms with Gasteiger partial charge in [-0.25, -0.2) is 4.98 Å². The van der Waals surface area contributed by atoms with Gasteiger partial charge in [0, 0.05) is 26.5 Å². The third-order valence-electron chi connectivity index (χ3n) is 5.19. The van der Waals surface area contributed by atoms with Crippen molar-refractivity contribution < 1.29 is 14.3 Å². The molecule has 1 N–H and O–H groups in total. The number of aromatic nitrogens is 2. The molecule has 31 heavy (non-hydrogen) atoms. The van der Waals surface area contributed by atoms with Crippen LogP contribution < -0.4 is 10.9 Å². The van der Waals surface area contributed by atoms with Crippen LogP contribution >= 0.6 is 24.0 Å². The van der Waals surface area contributed by atoms with Gasteiger partial charge in [-0.1, -0.05) is 30.0 Å². The highest BCUT2D eigenvalue weighted by Gasteiger charge is 2.32. The molecule has 1 amide bonds. The summed E-state index contributed by atoms with van der Waals surface area (Å²) in [5, 5.41) is 3.27. The molecule has 0 aliphatic carbocycles. The lowest BCUT2D eigenvalue weighted by Gasteiger charge is -2.15. The van der Waals surface area contributed by atoms with Gasteiger partial charge in [0.05, 0.1) is 29.7 Å². The minimum absolute atomic E-state index is 0.0818. The van der Waals surface area contributed by atoms with E-state index in [1.54, 1.807) is 19.4 Å². The van der Waals surface area contributed by atoms with Crippen LogP contribution in [0.15, 0.2) is 28.0 Å². The van der Waals surface area contributed by atoms with Gasteiger partial charge in [0.25, 0.3) is 11.5 Å². The van der Waals surface area contributed by atoms with Crippen LogP contribution in [0.25, 0.3) is 11.7 Å². The van der Waals surface area contributed by atoms with E-state index < -0.39 is 0 Å². The van der Waals surface area contributed by atoms with E-state index in [9.17, 15) is 9.59 Å². The van der Waals surface area contributed by atoms with Crippen molar-refractivity contribution in [3.05, 3.63) is 44.7 Å². The second-order valence-corrected chi connectivity index (χ2v) is 9.13. The quantitative estimate of drug-likeness (QED) is 0.498. The maximum Gasteiger partial charge on any atom is 0.267 e. The average Bonchev–Trinajstić information content (AvgIpc) is 3.36. The molecular formula is C21H24N4O4S2. The molecule has 0 unspecified atom stereocenters. The molecule has 164 valence electrons. The van der Waals surface area contributed by atoms with Gasteiger partial charge in [-0.15, -0.1) is 0 Å². The number of aryl methyl sites for hydroxylation is 1. The van der Waals surface area contributed by atoms with Gasteiger partial charge in [-0.05, 0) is 37.5 Å². The fraction of sp³-hybridized carbons (Fsp3) is 0.429. The third kappa shape index (κ3) is 4.67. The first-order valence-corrected chi connectivity index (χ1v) is 11.3. The van der Waals surface area contributed by atoms with Crippen molar-refractivity contribution in [3.63, 3.8) is 0 Å². The van der Waals surface area contributed by atoms with Crippen LogP contribution in [0.3, 0.4) is 0 Å². The Morgan fingerprint density at radius 2 is 2.26 bits per heavy atom. The van der Waals surface area contributed by atoms with Gasteiger partial charge in [0.2, 0.25) is 0 Å². The van der Waals surface area contributed by atoms with E-state index in [1.165, 1.54) is 21.1 Å². The molecule has 2 aromatic rings. The molecular weight excluding hydrogens is 436 g/mol. The largest absolute Gasteiger partial charge is 0.383 e. The summed E-state index contributed by atoms with van der Waals surface area (Å²) in [6.07, 6.45) is 5.41. The van der Waals surface area contributed by atoms with Crippen LogP contribution in [0.4, 0.5) is 5.82 Å². The van der Waals surface area contributed by atoms with E-state index >= 15 is 0 Å². The van der Waals surface area contributed by atoms with E-state index in [-0.39, 0.29) is 17.6 Å². The number of ether oxygens (including phenoxy) is 2. The number of rotatable bonds is 7. The molecule has 10 heteroatoms. The van der Waals surface area contributed by atoms with E-state index in [2.05, 4.69) is 10.3 Å². The molecule has 2 aliphatic rings.